The lowest BCUT2D eigenvalue weighted by molar-refractivity contribution is -0.123. The third kappa shape index (κ3) is 4.17. The second kappa shape index (κ2) is 8.49. The molecule has 4 rings (SSSR count). The molecule has 1 aliphatic rings. The summed E-state index contributed by atoms with van der Waals surface area (Å²) in [6.07, 6.45) is 3.52. The van der Waals surface area contributed by atoms with Crippen molar-refractivity contribution in [3.8, 4) is 5.69 Å². The quantitative estimate of drug-likeness (QED) is 0.394. The molecule has 0 unspecified atom stereocenters. The first kappa shape index (κ1) is 21.0. The molecule has 0 radical (unpaired) electrons. The zero-order valence-electron chi connectivity index (χ0n) is 16.6. The van der Waals surface area contributed by atoms with Gasteiger partial charge in [0.05, 0.1) is 18.6 Å². The van der Waals surface area contributed by atoms with Crippen molar-refractivity contribution < 1.29 is 23.5 Å². The number of carbonyl (C=O) groups excluding carboxylic acids is 3. The number of ether oxygens (including phenoxy) is 1. The summed E-state index contributed by atoms with van der Waals surface area (Å²) in [6, 6.07) is 12.4. The molecule has 3 aromatic rings. The van der Waals surface area contributed by atoms with Crippen LogP contribution in [0.2, 0.25) is 5.02 Å². The lowest BCUT2D eigenvalue weighted by atomic mass is 10.2. The van der Waals surface area contributed by atoms with E-state index in [4.69, 9.17) is 16.0 Å². The van der Waals surface area contributed by atoms with Crippen molar-refractivity contribution in [3.05, 3.63) is 81.4 Å². The largest absolute Gasteiger partial charge is 0.463 e. The molecule has 0 N–H and O–H groups in total. The summed E-state index contributed by atoms with van der Waals surface area (Å²) in [7, 11) is 1.24. The summed E-state index contributed by atoms with van der Waals surface area (Å²) < 4.78 is 11.8. The molecule has 3 heterocycles. The Balaban J connectivity index is 1.57. The number of esters is 1. The number of methoxy groups -OCH3 is 1. The average Bonchev–Trinajstić information content (AvgIpc) is 3.47. The number of amides is 2. The number of hydrogen-bond acceptors (Lipinski definition) is 6. The van der Waals surface area contributed by atoms with Gasteiger partial charge in [-0.2, -0.15) is 0 Å². The predicted molar refractivity (Wildman–Crippen MR) is 117 cm³/mol. The van der Waals surface area contributed by atoms with Gasteiger partial charge in [-0.25, -0.2) is 4.79 Å². The number of imide groups is 1. The summed E-state index contributed by atoms with van der Waals surface area (Å²) in [5.74, 6) is -0.741. The fourth-order valence-electron chi connectivity index (χ4n) is 3.08. The molecule has 1 saturated heterocycles. The molecule has 2 amide bonds. The topological polar surface area (TPSA) is 81.8 Å². The average molecular weight is 457 g/mol. The van der Waals surface area contributed by atoms with Gasteiger partial charge in [0.15, 0.2) is 0 Å². The minimum atomic E-state index is -0.628. The molecule has 7 nitrogen and oxygen atoms in total. The fourth-order valence-corrected chi connectivity index (χ4v) is 4.08. The molecule has 1 aromatic carbocycles. The minimum absolute atomic E-state index is 0.00889. The van der Waals surface area contributed by atoms with Crippen LogP contribution in [0.1, 0.15) is 27.6 Å². The second-order valence-corrected chi connectivity index (χ2v) is 8.16. The van der Waals surface area contributed by atoms with Crippen LogP contribution in [0.15, 0.2) is 58.0 Å². The van der Waals surface area contributed by atoms with Crippen LogP contribution in [-0.2, 0) is 16.1 Å². The van der Waals surface area contributed by atoms with Crippen LogP contribution < -0.4 is 0 Å². The first-order valence-corrected chi connectivity index (χ1v) is 10.4. The molecule has 0 aliphatic carbocycles. The van der Waals surface area contributed by atoms with Crippen molar-refractivity contribution in [2.45, 2.75) is 13.5 Å². The van der Waals surface area contributed by atoms with Crippen molar-refractivity contribution in [1.29, 1.82) is 0 Å². The van der Waals surface area contributed by atoms with Crippen molar-refractivity contribution in [2.24, 2.45) is 0 Å². The Hall–Kier alpha value is -3.23. The number of carbonyl (C=O) groups is 3. The fraction of sp³-hybridized carbons (Fsp3) is 0.136. The number of halogens is 1. The summed E-state index contributed by atoms with van der Waals surface area (Å²) in [5, 5.41) is 0.228. The lowest BCUT2D eigenvalue weighted by Gasteiger charge is -2.10. The molecule has 0 saturated carbocycles. The van der Waals surface area contributed by atoms with Gasteiger partial charge in [-0.3, -0.25) is 14.5 Å². The number of aryl methyl sites for hydroxylation is 1. The number of rotatable bonds is 5. The van der Waals surface area contributed by atoms with E-state index in [-0.39, 0.29) is 12.3 Å². The Morgan fingerprint density at radius 2 is 2.03 bits per heavy atom. The summed E-state index contributed by atoms with van der Waals surface area (Å²) in [4.78, 5) is 38.2. The van der Waals surface area contributed by atoms with Gasteiger partial charge in [0.1, 0.15) is 5.76 Å². The van der Waals surface area contributed by atoms with E-state index in [9.17, 15) is 14.4 Å². The molecule has 0 bridgehead atoms. The lowest BCUT2D eigenvalue weighted by Crippen LogP contribution is -2.27. The molecule has 1 fully saturated rings. The third-order valence-corrected chi connectivity index (χ3v) is 6.04. The number of nitrogens with zero attached hydrogens (tertiary/aromatic N) is 2. The summed E-state index contributed by atoms with van der Waals surface area (Å²) >= 11 is 7.10. The predicted octanol–water partition coefficient (Wildman–Crippen LogP) is 5.06. The summed E-state index contributed by atoms with van der Waals surface area (Å²) in [6.45, 7) is 1.85. The highest BCUT2D eigenvalue weighted by atomic mass is 35.5. The number of benzene rings is 1. The third-order valence-electron chi connectivity index (χ3n) is 4.73. The first-order chi connectivity index (χ1) is 14.9. The Morgan fingerprint density at radius 3 is 2.77 bits per heavy atom. The Labute approximate surface area is 187 Å². The molecule has 1 aliphatic heterocycles. The van der Waals surface area contributed by atoms with Crippen molar-refractivity contribution in [2.75, 3.05) is 7.11 Å². The summed E-state index contributed by atoms with van der Waals surface area (Å²) in [5.41, 5.74) is 2.54. The molecule has 0 spiro atoms. The molecule has 31 heavy (non-hydrogen) atoms. The van der Waals surface area contributed by atoms with Gasteiger partial charge in [0, 0.05) is 22.6 Å². The maximum absolute atomic E-state index is 12.8. The van der Waals surface area contributed by atoms with Crippen LogP contribution >= 0.6 is 23.4 Å². The minimum Gasteiger partial charge on any atom is -0.463 e. The first-order valence-electron chi connectivity index (χ1n) is 9.23. The van der Waals surface area contributed by atoms with E-state index in [0.717, 1.165) is 33.6 Å². The number of thioether (sulfide) groups is 1. The van der Waals surface area contributed by atoms with Gasteiger partial charge < -0.3 is 13.7 Å². The van der Waals surface area contributed by atoms with Gasteiger partial charge in [0.2, 0.25) is 5.76 Å². The van der Waals surface area contributed by atoms with E-state index in [0.29, 0.717) is 15.7 Å². The number of furan rings is 1. The van der Waals surface area contributed by atoms with E-state index < -0.39 is 17.1 Å². The van der Waals surface area contributed by atoms with Gasteiger partial charge in [-0.15, -0.1) is 0 Å². The smallest absolute Gasteiger partial charge is 0.373 e. The zero-order chi connectivity index (χ0) is 22.1. The molecule has 2 aromatic heterocycles. The highest BCUT2D eigenvalue weighted by Gasteiger charge is 2.36. The van der Waals surface area contributed by atoms with Crippen molar-refractivity contribution in [1.82, 2.24) is 9.47 Å². The molecular weight excluding hydrogens is 440 g/mol. The highest BCUT2D eigenvalue weighted by Crippen LogP contribution is 2.34. The van der Waals surface area contributed by atoms with Crippen LogP contribution in [0, 0.1) is 6.92 Å². The number of hydrogen-bond donors (Lipinski definition) is 0. The van der Waals surface area contributed by atoms with E-state index in [2.05, 4.69) is 4.74 Å². The molecular formula is C22H17ClN2O5S. The van der Waals surface area contributed by atoms with Crippen LogP contribution in [-0.4, -0.2) is 33.7 Å². The van der Waals surface area contributed by atoms with Gasteiger partial charge in [-0.1, -0.05) is 17.7 Å². The Bertz CT molecular complexity index is 1230. The Morgan fingerprint density at radius 1 is 1.23 bits per heavy atom. The molecule has 0 atom stereocenters. The maximum atomic E-state index is 12.8. The van der Waals surface area contributed by atoms with E-state index in [1.165, 1.54) is 19.2 Å². The van der Waals surface area contributed by atoms with Gasteiger partial charge >= 0.3 is 5.97 Å². The van der Waals surface area contributed by atoms with Crippen molar-refractivity contribution >= 4 is 46.6 Å². The second-order valence-electron chi connectivity index (χ2n) is 6.76. The van der Waals surface area contributed by atoms with Crippen LogP contribution in [0.25, 0.3) is 11.8 Å². The Kier molecular flexibility index (Phi) is 5.75. The SMILES string of the molecule is COC(=O)c1ccc(CN2C(=O)SC(=Cc3cccn3-c3ccc(C)c(Cl)c3)C2=O)o1. The zero-order valence-corrected chi connectivity index (χ0v) is 18.2. The molecule has 158 valence electrons. The monoisotopic (exact) mass is 456 g/mol. The van der Waals surface area contributed by atoms with Crippen LogP contribution in [0.3, 0.4) is 0 Å². The molecule has 9 heteroatoms. The van der Waals surface area contributed by atoms with E-state index in [1.54, 1.807) is 6.08 Å². The van der Waals surface area contributed by atoms with Gasteiger partial charge in [0.25, 0.3) is 11.1 Å². The maximum Gasteiger partial charge on any atom is 0.373 e. The van der Waals surface area contributed by atoms with Crippen molar-refractivity contribution in [3.63, 3.8) is 0 Å². The highest BCUT2D eigenvalue weighted by molar-refractivity contribution is 8.18. The normalized spacial score (nSPS) is 15.2. The van der Waals surface area contributed by atoms with E-state index >= 15 is 0 Å². The standard InChI is InChI=1S/C22H17ClN2O5S/c1-13-5-6-15(10-17(13)23)24-9-3-4-14(24)11-19-20(26)25(22(28)31-19)12-16-7-8-18(30-16)21(27)29-2/h3-11H,12H2,1-2H3. The number of aromatic nitrogens is 1. The van der Waals surface area contributed by atoms with Crippen LogP contribution in [0.4, 0.5) is 4.79 Å². The van der Waals surface area contributed by atoms with E-state index in [1.807, 2.05) is 48.0 Å². The van der Waals surface area contributed by atoms with Gasteiger partial charge in [-0.05, 0) is 66.7 Å². The van der Waals surface area contributed by atoms with Crippen LogP contribution in [0.5, 0.6) is 0 Å².